The molecule has 1 aromatic heterocycles. The molecule has 1 amide bonds. The van der Waals surface area contributed by atoms with Crippen LogP contribution in [0, 0.1) is 0 Å². The van der Waals surface area contributed by atoms with Crippen LogP contribution in [0.4, 0.5) is 5.13 Å². The summed E-state index contributed by atoms with van der Waals surface area (Å²) >= 11 is 1.02. The Labute approximate surface area is 99.1 Å². The molecule has 0 aliphatic heterocycles. The lowest BCUT2D eigenvalue weighted by atomic mass is 10.2. The van der Waals surface area contributed by atoms with Crippen LogP contribution in [0.15, 0.2) is 5.38 Å². The van der Waals surface area contributed by atoms with Crippen LogP contribution in [0.1, 0.15) is 16.9 Å². The Morgan fingerprint density at radius 1 is 1.47 bits per heavy atom. The average molecular weight is 259 g/mol. The summed E-state index contributed by atoms with van der Waals surface area (Å²) < 4.78 is 0. The zero-order valence-electron chi connectivity index (χ0n) is 8.41. The third-order valence-electron chi connectivity index (χ3n) is 1.74. The number of nitrogen functional groups attached to an aromatic ring is 1. The van der Waals surface area contributed by atoms with Gasteiger partial charge in [-0.05, 0) is 0 Å². The van der Waals surface area contributed by atoms with Gasteiger partial charge in [0.2, 0.25) is 0 Å². The molecular weight excluding hydrogens is 250 g/mol. The lowest BCUT2D eigenvalue weighted by Crippen LogP contribution is -2.42. The highest BCUT2D eigenvalue weighted by molar-refractivity contribution is 7.13. The average Bonchev–Trinajstić information content (AvgIpc) is 2.63. The van der Waals surface area contributed by atoms with Crippen molar-refractivity contribution in [2.75, 3.05) is 5.73 Å². The van der Waals surface area contributed by atoms with Crippen LogP contribution in [0.2, 0.25) is 0 Å². The van der Waals surface area contributed by atoms with E-state index in [4.69, 9.17) is 15.9 Å². The van der Waals surface area contributed by atoms with Gasteiger partial charge in [0.05, 0.1) is 6.42 Å². The number of nitrogens with one attached hydrogen (secondary N) is 1. The summed E-state index contributed by atoms with van der Waals surface area (Å²) in [6.07, 6.45) is -0.708. The summed E-state index contributed by atoms with van der Waals surface area (Å²) in [5, 5.41) is 20.7. The molecule has 0 aromatic carbocycles. The molecule has 0 aliphatic rings. The third kappa shape index (κ3) is 3.72. The second-order valence-electron chi connectivity index (χ2n) is 3.03. The Kier molecular flexibility index (Phi) is 3.99. The molecule has 0 fully saturated rings. The van der Waals surface area contributed by atoms with E-state index < -0.39 is 30.3 Å². The van der Waals surface area contributed by atoms with Gasteiger partial charge in [0, 0.05) is 5.38 Å². The van der Waals surface area contributed by atoms with Gasteiger partial charge in [0.25, 0.3) is 5.91 Å². The summed E-state index contributed by atoms with van der Waals surface area (Å²) in [6.45, 7) is 0. The quantitative estimate of drug-likeness (QED) is 0.552. The largest absolute Gasteiger partial charge is 0.481 e. The molecule has 9 heteroatoms. The maximum atomic E-state index is 11.5. The zero-order valence-corrected chi connectivity index (χ0v) is 9.23. The standard InChI is InChI=1S/C8H9N3O5S/c9-8-11-4(2-17-8)6(14)10-3(7(15)16)1-5(12)13/h2-3H,1H2,(H2,9,11)(H,10,14)(H,12,13)(H,15,16). The number of aromatic nitrogens is 1. The fourth-order valence-electron chi connectivity index (χ4n) is 0.999. The van der Waals surface area contributed by atoms with E-state index in [1.807, 2.05) is 5.32 Å². The number of amides is 1. The molecule has 8 nitrogen and oxygen atoms in total. The van der Waals surface area contributed by atoms with Gasteiger partial charge in [0.1, 0.15) is 11.7 Å². The fraction of sp³-hybridized carbons (Fsp3) is 0.250. The van der Waals surface area contributed by atoms with E-state index in [1.54, 1.807) is 0 Å². The van der Waals surface area contributed by atoms with Crippen molar-refractivity contribution < 1.29 is 24.6 Å². The molecule has 0 spiro atoms. The number of carbonyl (C=O) groups excluding carboxylic acids is 1. The van der Waals surface area contributed by atoms with Crippen molar-refractivity contribution in [1.82, 2.24) is 10.3 Å². The first-order valence-electron chi connectivity index (χ1n) is 4.36. The smallest absolute Gasteiger partial charge is 0.326 e. The number of nitrogens with zero attached hydrogens (tertiary/aromatic N) is 1. The van der Waals surface area contributed by atoms with E-state index >= 15 is 0 Å². The van der Waals surface area contributed by atoms with Gasteiger partial charge in [-0.15, -0.1) is 11.3 Å². The minimum absolute atomic E-state index is 0.0378. The number of rotatable bonds is 5. The normalized spacial score (nSPS) is 11.8. The minimum Gasteiger partial charge on any atom is -0.481 e. The number of carboxylic acids is 2. The van der Waals surface area contributed by atoms with E-state index in [-0.39, 0.29) is 10.8 Å². The van der Waals surface area contributed by atoms with Gasteiger partial charge in [-0.25, -0.2) is 9.78 Å². The van der Waals surface area contributed by atoms with Crippen molar-refractivity contribution in [3.05, 3.63) is 11.1 Å². The number of carbonyl (C=O) groups is 3. The molecule has 0 bridgehead atoms. The predicted octanol–water partition coefficient (Wildman–Crippen LogP) is -0.617. The van der Waals surface area contributed by atoms with E-state index in [9.17, 15) is 14.4 Å². The first-order chi connectivity index (χ1) is 7.90. The van der Waals surface area contributed by atoms with Crippen molar-refractivity contribution in [2.45, 2.75) is 12.5 Å². The van der Waals surface area contributed by atoms with Crippen molar-refractivity contribution >= 4 is 34.3 Å². The molecular formula is C8H9N3O5S. The van der Waals surface area contributed by atoms with E-state index in [0.717, 1.165) is 11.3 Å². The monoisotopic (exact) mass is 259 g/mol. The van der Waals surface area contributed by atoms with E-state index in [0.29, 0.717) is 0 Å². The van der Waals surface area contributed by atoms with E-state index in [2.05, 4.69) is 4.98 Å². The van der Waals surface area contributed by atoms with Crippen LogP contribution in [0.25, 0.3) is 0 Å². The summed E-state index contributed by atoms with van der Waals surface area (Å²) in [4.78, 5) is 36.2. The Bertz CT molecular complexity index is 458. The molecule has 1 atom stereocenters. The predicted molar refractivity (Wildman–Crippen MR) is 57.7 cm³/mol. The van der Waals surface area contributed by atoms with Crippen LogP contribution in [0.3, 0.4) is 0 Å². The topological polar surface area (TPSA) is 143 Å². The number of anilines is 1. The molecule has 17 heavy (non-hydrogen) atoms. The van der Waals surface area contributed by atoms with Gasteiger partial charge < -0.3 is 21.3 Å². The van der Waals surface area contributed by atoms with Gasteiger partial charge in [0.15, 0.2) is 5.13 Å². The highest BCUT2D eigenvalue weighted by Gasteiger charge is 2.24. The van der Waals surface area contributed by atoms with Crippen LogP contribution in [0.5, 0.6) is 0 Å². The van der Waals surface area contributed by atoms with Crippen molar-refractivity contribution in [3.8, 4) is 0 Å². The number of nitrogens with two attached hydrogens (primary N) is 1. The lowest BCUT2D eigenvalue weighted by molar-refractivity contribution is -0.145. The molecule has 1 rings (SSSR count). The van der Waals surface area contributed by atoms with Crippen LogP contribution in [-0.4, -0.2) is 39.1 Å². The molecule has 1 heterocycles. The van der Waals surface area contributed by atoms with Crippen molar-refractivity contribution in [3.63, 3.8) is 0 Å². The summed E-state index contributed by atoms with van der Waals surface area (Å²) in [5.41, 5.74) is 5.27. The van der Waals surface area contributed by atoms with Gasteiger partial charge in [-0.3, -0.25) is 9.59 Å². The number of hydrogen-bond acceptors (Lipinski definition) is 6. The Morgan fingerprint density at radius 3 is 2.53 bits per heavy atom. The number of aliphatic carboxylic acids is 2. The van der Waals surface area contributed by atoms with Gasteiger partial charge in [-0.2, -0.15) is 0 Å². The first-order valence-corrected chi connectivity index (χ1v) is 5.24. The van der Waals surface area contributed by atoms with Crippen LogP contribution < -0.4 is 11.1 Å². The maximum Gasteiger partial charge on any atom is 0.326 e. The minimum atomic E-state index is -1.50. The number of hydrogen-bond donors (Lipinski definition) is 4. The van der Waals surface area contributed by atoms with E-state index in [1.165, 1.54) is 5.38 Å². The zero-order chi connectivity index (χ0) is 13.0. The third-order valence-corrected chi connectivity index (χ3v) is 2.41. The highest BCUT2D eigenvalue weighted by atomic mass is 32.1. The summed E-state index contributed by atoms with van der Waals surface area (Å²) in [7, 11) is 0. The fourth-order valence-corrected chi connectivity index (χ4v) is 1.54. The molecule has 5 N–H and O–H groups in total. The molecule has 0 saturated heterocycles. The second kappa shape index (κ2) is 5.25. The van der Waals surface area contributed by atoms with Gasteiger partial charge >= 0.3 is 11.9 Å². The van der Waals surface area contributed by atoms with Crippen LogP contribution >= 0.6 is 11.3 Å². The Balaban J connectivity index is 2.70. The molecule has 0 saturated carbocycles. The summed E-state index contributed by atoms with van der Waals surface area (Å²) in [5.74, 6) is -3.52. The number of thiazole rings is 1. The molecule has 1 aromatic rings. The van der Waals surface area contributed by atoms with Gasteiger partial charge in [-0.1, -0.05) is 0 Å². The lowest BCUT2D eigenvalue weighted by Gasteiger charge is -2.10. The maximum absolute atomic E-state index is 11.5. The molecule has 92 valence electrons. The number of carboxylic acid groups (broad SMARTS) is 2. The second-order valence-corrected chi connectivity index (χ2v) is 3.92. The Morgan fingerprint density at radius 2 is 2.12 bits per heavy atom. The van der Waals surface area contributed by atoms with Crippen molar-refractivity contribution in [2.24, 2.45) is 0 Å². The molecule has 0 radical (unpaired) electrons. The SMILES string of the molecule is Nc1nc(C(=O)NC(CC(=O)O)C(=O)O)cs1. The molecule has 0 aliphatic carbocycles. The Hall–Kier alpha value is -2.16. The highest BCUT2D eigenvalue weighted by Crippen LogP contribution is 2.11. The van der Waals surface area contributed by atoms with Crippen molar-refractivity contribution in [1.29, 1.82) is 0 Å². The first kappa shape index (κ1) is 12.9. The summed E-state index contributed by atoms with van der Waals surface area (Å²) in [6, 6.07) is -1.50. The van der Waals surface area contributed by atoms with Crippen LogP contribution in [-0.2, 0) is 9.59 Å². The molecule has 1 unspecified atom stereocenters.